The van der Waals surface area contributed by atoms with E-state index >= 15 is 0 Å². The maximum Gasteiger partial charge on any atom is 0.306 e. The van der Waals surface area contributed by atoms with Gasteiger partial charge in [0.25, 0.3) is 5.91 Å². The first-order valence-corrected chi connectivity index (χ1v) is 7.48. The number of nitrogens with one attached hydrogen (secondary N) is 1. The first kappa shape index (κ1) is 13.8. The second-order valence-corrected chi connectivity index (χ2v) is 6.06. The van der Waals surface area contributed by atoms with Gasteiger partial charge in [0.1, 0.15) is 4.88 Å². The lowest BCUT2D eigenvalue weighted by Gasteiger charge is -2.10. The Morgan fingerprint density at radius 2 is 2.29 bits per heavy atom. The van der Waals surface area contributed by atoms with Crippen LogP contribution >= 0.6 is 11.3 Å². The number of carbonyl (C=O) groups excluding carboxylic acids is 1. The van der Waals surface area contributed by atoms with Crippen LogP contribution in [-0.4, -0.2) is 28.0 Å². The molecule has 2 N–H and O–H groups in total. The van der Waals surface area contributed by atoms with E-state index in [1.54, 1.807) is 18.4 Å². The van der Waals surface area contributed by atoms with Crippen molar-refractivity contribution in [2.45, 2.75) is 25.3 Å². The van der Waals surface area contributed by atoms with E-state index in [0.29, 0.717) is 34.9 Å². The highest BCUT2D eigenvalue weighted by molar-refractivity contribution is 7.16. The van der Waals surface area contributed by atoms with E-state index in [-0.39, 0.29) is 17.9 Å². The zero-order valence-corrected chi connectivity index (χ0v) is 11.9. The highest BCUT2D eigenvalue weighted by Crippen LogP contribution is 2.28. The Morgan fingerprint density at radius 1 is 1.43 bits per heavy atom. The summed E-state index contributed by atoms with van der Waals surface area (Å²) < 4.78 is 5.24. The minimum atomic E-state index is -0.787. The first-order chi connectivity index (χ1) is 10.1. The van der Waals surface area contributed by atoms with Gasteiger partial charge in [-0.05, 0) is 31.4 Å². The molecular formula is C14H14N2O4S. The molecule has 1 aliphatic rings. The van der Waals surface area contributed by atoms with Gasteiger partial charge in [-0.15, -0.1) is 11.3 Å². The fourth-order valence-corrected chi connectivity index (χ4v) is 3.27. The fourth-order valence-electron chi connectivity index (χ4n) is 2.49. The highest BCUT2D eigenvalue weighted by Gasteiger charge is 2.31. The molecule has 2 heterocycles. The predicted molar refractivity (Wildman–Crippen MR) is 76.0 cm³/mol. The molecule has 0 saturated heterocycles. The molecule has 0 radical (unpaired) electrons. The largest absolute Gasteiger partial charge is 0.481 e. The summed E-state index contributed by atoms with van der Waals surface area (Å²) in [5.74, 6) is -0.715. The lowest BCUT2D eigenvalue weighted by Crippen LogP contribution is -2.32. The molecule has 0 aromatic carbocycles. The molecule has 0 bridgehead atoms. The van der Waals surface area contributed by atoms with Crippen LogP contribution in [-0.2, 0) is 4.79 Å². The molecule has 2 atom stereocenters. The minimum absolute atomic E-state index is 0.0761. The average molecular weight is 306 g/mol. The monoisotopic (exact) mass is 306 g/mol. The Labute approximate surface area is 124 Å². The predicted octanol–water partition coefficient (Wildman–Crippen LogP) is 2.39. The van der Waals surface area contributed by atoms with Gasteiger partial charge in [0.2, 0.25) is 0 Å². The smallest absolute Gasteiger partial charge is 0.306 e. The number of carbonyl (C=O) groups is 2. The zero-order chi connectivity index (χ0) is 14.8. The van der Waals surface area contributed by atoms with Crippen LogP contribution < -0.4 is 5.32 Å². The van der Waals surface area contributed by atoms with Crippen molar-refractivity contribution in [1.29, 1.82) is 0 Å². The normalized spacial score (nSPS) is 21.3. The number of nitrogens with zero attached hydrogens (tertiary/aromatic N) is 1. The summed E-state index contributed by atoms with van der Waals surface area (Å²) in [6.45, 7) is 0. The van der Waals surface area contributed by atoms with E-state index in [2.05, 4.69) is 10.3 Å². The number of amides is 1. The van der Waals surface area contributed by atoms with E-state index < -0.39 is 5.97 Å². The van der Waals surface area contributed by atoms with Crippen LogP contribution in [0.1, 0.15) is 28.9 Å². The van der Waals surface area contributed by atoms with Crippen molar-refractivity contribution in [1.82, 2.24) is 10.3 Å². The van der Waals surface area contributed by atoms with Crippen LogP contribution in [0, 0.1) is 5.92 Å². The lowest BCUT2D eigenvalue weighted by molar-refractivity contribution is -0.141. The van der Waals surface area contributed by atoms with Crippen LogP contribution in [0.4, 0.5) is 0 Å². The molecule has 0 aliphatic heterocycles. The van der Waals surface area contributed by atoms with E-state index in [9.17, 15) is 9.59 Å². The SMILES string of the molecule is O=C(N[C@H]1CC[C@@H](C(=O)O)C1)c1cnc(-c2ccco2)s1. The summed E-state index contributed by atoms with van der Waals surface area (Å²) in [6.07, 6.45) is 4.88. The molecule has 21 heavy (non-hydrogen) atoms. The van der Waals surface area contributed by atoms with Crippen LogP contribution in [0.2, 0.25) is 0 Å². The Morgan fingerprint density at radius 3 is 2.95 bits per heavy atom. The average Bonchev–Trinajstić information content (AvgIpc) is 3.19. The molecule has 7 heteroatoms. The third-order valence-electron chi connectivity index (χ3n) is 3.58. The lowest BCUT2D eigenvalue weighted by atomic mass is 10.1. The number of hydrogen-bond donors (Lipinski definition) is 2. The van der Waals surface area contributed by atoms with Gasteiger partial charge < -0.3 is 14.8 Å². The zero-order valence-electron chi connectivity index (χ0n) is 11.1. The Bertz CT molecular complexity index is 650. The van der Waals surface area contributed by atoms with Gasteiger partial charge in [0.15, 0.2) is 10.8 Å². The number of aromatic nitrogens is 1. The summed E-state index contributed by atoms with van der Waals surface area (Å²) in [4.78, 5) is 27.7. The molecule has 3 rings (SSSR count). The number of rotatable bonds is 4. The van der Waals surface area contributed by atoms with E-state index in [1.807, 2.05) is 0 Å². The summed E-state index contributed by atoms with van der Waals surface area (Å²) in [7, 11) is 0. The summed E-state index contributed by atoms with van der Waals surface area (Å²) in [6, 6.07) is 3.48. The second-order valence-electron chi connectivity index (χ2n) is 5.03. The topological polar surface area (TPSA) is 92.4 Å². The number of aliphatic carboxylic acids is 1. The van der Waals surface area contributed by atoms with Gasteiger partial charge in [0, 0.05) is 6.04 Å². The Hall–Kier alpha value is -2.15. The van der Waals surface area contributed by atoms with Gasteiger partial charge in [-0.25, -0.2) is 4.98 Å². The number of furan rings is 1. The number of carboxylic acids is 1. The summed E-state index contributed by atoms with van der Waals surface area (Å²) >= 11 is 1.26. The van der Waals surface area contributed by atoms with Gasteiger partial charge in [0.05, 0.1) is 18.4 Å². The maximum absolute atomic E-state index is 12.1. The van der Waals surface area contributed by atoms with E-state index in [0.717, 1.165) is 0 Å². The molecule has 0 spiro atoms. The Balaban J connectivity index is 1.63. The molecule has 2 aromatic rings. The van der Waals surface area contributed by atoms with Crippen LogP contribution in [0.5, 0.6) is 0 Å². The van der Waals surface area contributed by atoms with Crippen molar-refractivity contribution in [2.75, 3.05) is 0 Å². The van der Waals surface area contributed by atoms with Crippen LogP contribution in [0.15, 0.2) is 29.0 Å². The van der Waals surface area contributed by atoms with Crippen molar-refractivity contribution < 1.29 is 19.1 Å². The van der Waals surface area contributed by atoms with Gasteiger partial charge >= 0.3 is 5.97 Å². The van der Waals surface area contributed by atoms with Crippen molar-refractivity contribution in [2.24, 2.45) is 5.92 Å². The Kier molecular flexibility index (Phi) is 3.74. The molecular weight excluding hydrogens is 292 g/mol. The molecule has 1 fully saturated rings. The molecule has 1 aliphatic carbocycles. The molecule has 0 unspecified atom stereocenters. The van der Waals surface area contributed by atoms with Gasteiger partial charge in [-0.2, -0.15) is 0 Å². The quantitative estimate of drug-likeness (QED) is 0.904. The van der Waals surface area contributed by atoms with Gasteiger partial charge in [-0.3, -0.25) is 9.59 Å². The standard InChI is InChI=1S/C14H14N2O4S/c17-12(16-9-4-3-8(6-9)14(18)19)11-7-15-13(21-11)10-2-1-5-20-10/h1-2,5,7-9H,3-4,6H2,(H,16,17)(H,18,19)/t8-,9+/m1/s1. The third-order valence-corrected chi connectivity index (χ3v) is 4.59. The first-order valence-electron chi connectivity index (χ1n) is 6.67. The van der Waals surface area contributed by atoms with Crippen LogP contribution in [0.3, 0.4) is 0 Å². The summed E-state index contributed by atoms with van der Waals surface area (Å²) in [5.41, 5.74) is 0. The summed E-state index contributed by atoms with van der Waals surface area (Å²) in [5, 5.41) is 12.5. The number of carboxylic acid groups (broad SMARTS) is 1. The van der Waals surface area contributed by atoms with Crippen LogP contribution in [0.25, 0.3) is 10.8 Å². The maximum atomic E-state index is 12.1. The van der Waals surface area contributed by atoms with E-state index in [1.165, 1.54) is 17.5 Å². The second kappa shape index (κ2) is 5.69. The van der Waals surface area contributed by atoms with E-state index in [4.69, 9.17) is 9.52 Å². The molecule has 6 nitrogen and oxygen atoms in total. The highest BCUT2D eigenvalue weighted by atomic mass is 32.1. The number of thiazole rings is 1. The minimum Gasteiger partial charge on any atom is -0.481 e. The van der Waals surface area contributed by atoms with Crippen molar-refractivity contribution in [3.05, 3.63) is 29.5 Å². The van der Waals surface area contributed by atoms with Crippen molar-refractivity contribution >= 4 is 23.2 Å². The molecule has 110 valence electrons. The number of hydrogen-bond acceptors (Lipinski definition) is 5. The van der Waals surface area contributed by atoms with Crippen molar-refractivity contribution in [3.8, 4) is 10.8 Å². The molecule has 1 amide bonds. The molecule has 1 saturated carbocycles. The fraction of sp³-hybridized carbons (Fsp3) is 0.357. The third kappa shape index (κ3) is 2.97. The molecule has 2 aromatic heterocycles. The van der Waals surface area contributed by atoms with Gasteiger partial charge in [-0.1, -0.05) is 0 Å². The van der Waals surface area contributed by atoms with Crippen molar-refractivity contribution in [3.63, 3.8) is 0 Å².